The molecule has 1 fully saturated rings. The van der Waals surface area contributed by atoms with Crippen LogP contribution in [0.25, 0.3) is 0 Å². The standard InChI is InChI=1S/C11H20N4O3.ClH/c1-4-12-5-6-13-8(16)7-15-10(18)14-9(17)11(15,2)3;/h12H,4-7H2,1-3H3,(H,13,16)(H,14,17,18);1H. The van der Waals surface area contributed by atoms with E-state index >= 15 is 0 Å². The third-order valence-electron chi connectivity index (χ3n) is 2.87. The highest BCUT2D eigenvalue weighted by molar-refractivity contribution is 6.07. The van der Waals surface area contributed by atoms with Crippen molar-refractivity contribution in [2.45, 2.75) is 26.3 Å². The van der Waals surface area contributed by atoms with Gasteiger partial charge < -0.3 is 15.5 Å². The largest absolute Gasteiger partial charge is 0.353 e. The van der Waals surface area contributed by atoms with Crippen LogP contribution >= 0.6 is 12.4 Å². The molecule has 110 valence electrons. The van der Waals surface area contributed by atoms with Crippen LogP contribution < -0.4 is 16.0 Å². The van der Waals surface area contributed by atoms with Crippen LogP contribution in [0, 0.1) is 0 Å². The van der Waals surface area contributed by atoms with E-state index in [1.165, 1.54) is 4.90 Å². The Morgan fingerprint density at radius 1 is 1.32 bits per heavy atom. The van der Waals surface area contributed by atoms with Crippen LogP contribution in [-0.4, -0.2) is 54.5 Å². The Hall–Kier alpha value is -1.34. The topological polar surface area (TPSA) is 90.5 Å². The van der Waals surface area contributed by atoms with E-state index in [0.717, 1.165) is 6.54 Å². The fourth-order valence-electron chi connectivity index (χ4n) is 1.63. The van der Waals surface area contributed by atoms with Gasteiger partial charge in [-0.25, -0.2) is 4.79 Å². The van der Waals surface area contributed by atoms with Crippen molar-refractivity contribution in [3.05, 3.63) is 0 Å². The molecule has 7 nitrogen and oxygen atoms in total. The van der Waals surface area contributed by atoms with Gasteiger partial charge in [0, 0.05) is 13.1 Å². The number of hydrogen-bond acceptors (Lipinski definition) is 4. The molecule has 1 aliphatic heterocycles. The van der Waals surface area contributed by atoms with Crippen molar-refractivity contribution in [3.8, 4) is 0 Å². The zero-order chi connectivity index (χ0) is 13.8. The molecule has 19 heavy (non-hydrogen) atoms. The van der Waals surface area contributed by atoms with Crippen LogP contribution in [0.1, 0.15) is 20.8 Å². The molecule has 0 unspecified atom stereocenters. The number of likely N-dealkylation sites (N-methyl/N-ethyl adjacent to an activating group) is 1. The van der Waals surface area contributed by atoms with Gasteiger partial charge >= 0.3 is 6.03 Å². The van der Waals surface area contributed by atoms with Crippen molar-refractivity contribution in [2.24, 2.45) is 0 Å². The third kappa shape index (κ3) is 4.36. The molecular weight excluding hydrogens is 272 g/mol. The minimum Gasteiger partial charge on any atom is -0.353 e. The molecule has 8 heteroatoms. The van der Waals surface area contributed by atoms with Crippen molar-refractivity contribution >= 4 is 30.3 Å². The molecule has 1 aliphatic rings. The van der Waals surface area contributed by atoms with Crippen molar-refractivity contribution in [3.63, 3.8) is 0 Å². The number of carbonyl (C=O) groups is 3. The minimum atomic E-state index is -0.976. The van der Waals surface area contributed by atoms with Crippen LogP contribution in [-0.2, 0) is 9.59 Å². The van der Waals surface area contributed by atoms with E-state index in [1.807, 2.05) is 6.92 Å². The van der Waals surface area contributed by atoms with Crippen LogP contribution in [0.2, 0.25) is 0 Å². The van der Waals surface area contributed by atoms with Crippen LogP contribution in [0.15, 0.2) is 0 Å². The Bertz CT molecular complexity index is 360. The van der Waals surface area contributed by atoms with Gasteiger partial charge in [0.05, 0.1) is 0 Å². The highest BCUT2D eigenvalue weighted by Crippen LogP contribution is 2.19. The first-order valence-corrected chi connectivity index (χ1v) is 6.00. The Morgan fingerprint density at radius 2 is 1.95 bits per heavy atom. The number of imide groups is 1. The summed E-state index contributed by atoms with van der Waals surface area (Å²) in [5.74, 6) is -0.654. The summed E-state index contributed by atoms with van der Waals surface area (Å²) < 4.78 is 0. The molecule has 0 bridgehead atoms. The van der Waals surface area contributed by atoms with Crippen LogP contribution in [0.4, 0.5) is 4.79 Å². The molecule has 0 atom stereocenters. The van der Waals surface area contributed by atoms with Gasteiger partial charge in [0.2, 0.25) is 5.91 Å². The van der Waals surface area contributed by atoms with E-state index in [1.54, 1.807) is 13.8 Å². The highest BCUT2D eigenvalue weighted by Gasteiger charge is 2.46. The van der Waals surface area contributed by atoms with E-state index in [4.69, 9.17) is 0 Å². The van der Waals surface area contributed by atoms with Gasteiger partial charge in [-0.1, -0.05) is 6.92 Å². The fourth-order valence-corrected chi connectivity index (χ4v) is 1.63. The van der Waals surface area contributed by atoms with Gasteiger partial charge in [-0.3, -0.25) is 14.9 Å². The molecule has 0 aromatic rings. The number of nitrogens with zero attached hydrogens (tertiary/aromatic N) is 1. The average Bonchev–Trinajstić information content (AvgIpc) is 2.48. The van der Waals surface area contributed by atoms with Gasteiger partial charge in [-0.05, 0) is 20.4 Å². The molecule has 1 rings (SSSR count). The second-order valence-corrected chi connectivity index (χ2v) is 4.61. The predicted octanol–water partition coefficient (Wildman–Crippen LogP) is -0.536. The van der Waals surface area contributed by atoms with Gasteiger partial charge in [0.15, 0.2) is 0 Å². The van der Waals surface area contributed by atoms with Crippen molar-refractivity contribution < 1.29 is 14.4 Å². The Balaban J connectivity index is 0.00000324. The second kappa shape index (κ2) is 7.30. The smallest absolute Gasteiger partial charge is 0.325 e. The lowest BCUT2D eigenvalue weighted by atomic mass is 10.0. The number of urea groups is 1. The number of rotatable bonds is 6. The summed E-state index contributed by atoms with van der Waals surface area (Å²) in [5, 5.41) is 7.95. The molecule has 1 saturated heterocycles. The zero-order valence-electron chi connectivity index (χ0n) is 11.4. The Labute approximate surface area is 118 Å². The maximum atomic E-state index is 11.6. The number of nitrogens with one attached hydrogen (secondary N) is 3. The molecule has 0 radical (unpaired) electrons. The summed E-state index contributed by atoms with van der Waals surface area (Å²) in [7, 11) is 0. The van der Waals surface area contributed by atoms with Crippen LogP contribution in [0.5, 0.6) is 0 Å². The number of halogens is 1. The summed E-state index contributed by atoms with van der Waals surface area (Å²) in [6.45, 7) is 7.10. The van der Waals surface area contributed by atoms with E-state index in [2.05, 4.69) is 16.0 Å². The SMILES string of the molecule is CCNCCNC(=O)CN1C(=O)NC(=O)C1(C)C.Cl. The summed E-state index contributed by atoms with van der Waals surface area (Å²) in [4.78, 5) is 35.9. The zero-order valence-corrected chi connectivity index (χ0v) is 12.2. The van der Waals surface area contributed by atoms with E-state index in [0.29, 0.717) is 13.1 Å². The summed E-state index contributed by atoms with van der Waals surface area (Å²) in [5.41, 5.74) is -0.976. The lowest BCUT2D eigenvalue weighted by molar-refractivity contribution is -0.127. The minimum absolute atomic E-state index is 0. The maximum absolute atomic E-state index is 11.6. The Morgan fingerprint density at radius 3 is 2.42 bits per heavy atom. The molecule has 0 spiro atoms. The lowest BCUT2D eigenvalue weighted by Gasteiger charge is -2.27. The molecule has 0 aliphatic carbocycles. The highest BCUT2D eigenvalue weighted by atomic mass is 35.5. The lowest BCUT2D eigenvalue weighted by Crippen LogP contribution is -2.49. The van der Waals surface area contributed by atoms with E-state index in [9.17, 15) is 14.4 Å². The summed E-state index contributed by atoms with van der Waals surface area (Å²) >= 11 is 0. The normalized spacial score (nSPS) is 16.9. The summed E-state index contributed by atoms with van der Waals surface area (Å²) in [6.07, 6.45) is 0. The first-order valence-electron chi connectivity index (χ1n) is 6.00. The van der Waals surface area contributed by atoms with Crippen molar-refractivity contribution in [1.82, 2.24) is 20.9 Å². The monoisotopic (exact) mass is 292 g/mol. The molecule has 0 aromatic heterocycles. The van der Waals surface area contributed by atoms with Crippen LogP contribution in [0.3, 0.4) is 0 Å². The molecule has 4 amide bonds. The Kier molecular flexibility index (Phi) is 6.78. The van der Waals surface area contributed by atoms with Gasteiger partial charge in [-0.2, -0.15) is 0 Å². The maximum Gasteiger partial charge on any atom is 0.325 e. The molecule has 0 saturated carbocycles. The van der Waals surface area contributed by atoms with Crippen molar-refractivity contribution in [2.75, 3.05) is 26.2 Å². The van der Waals surface area contributed by atoms with Gasteiger partial charge in [0.1, 0.15) is 12.1 Å². The molecule has 1 heterocycles. The molecular formula is C11H21ClN4O3. The van der Waals surface area contributed by atoms with Gasteiger partial charge in [-0.15, -0.1) is 12.4 Å². The molecule has 0 aromatic carbocycles. The predicted molar refractivity (Wildman–Crippen MR) is 73.1 cm³/mol. The first kappa shape index (κ1) is 17.7. The van der Waals surface area contributed by atoms with E-state index < -0.39 is 11.6 Å². The van der Waals surface area contributed by atoms with Crippen molar-refractivity contribution in [1.29, 1.82) is 0 Å². The van der Waals surface area contributed by atoms with E-state index in [-0.39, 0.29) is 30.8 Å². The fraction of sp³-hybridized carbons (Fsp3) is 0.727. The molecule has 3 N–H and O–H groups in total. The number of hydrogen-bond donors (Lipinski definition) is 3. The average molecular weight is 293 g/mol. The summed E-state index contributed by atoms with van der Waals surface area (Å²) in [6, 6.07) is -0.521. The third-order valence-corrected chi connectivity index (χ3v) is 2.87. The quantitative estimate of drug-likeness (QED) is 0.453. The van der Waals surface area contributed by atoms with Gasteiger partial charge in [0.25, 0.3) is 5.91 Å². The number of carbonyl (C=O) groups excluding carboxylic acids is 3. The second-order valence-electron chi connectivity index (χ2n) is 4.61. The first-order chi connectivity index (χ1) is 8.39. The number of amides is 4.